The number of ether oxygens (including phenoxy) is 1. The highest BCUT2D eigenvalue weighted by atomic mass is 35.5. The smallest absolute Gasteiger partial charge is 0.414 e. The fourth-order valence-corrected chi connectivity index (χ4v) is 6.51. The summed E-state index contributed by atoms with van der Waals surface area (Å²) in [4.78, 5) is 70.2. The maximum atomic E-state index is 13.3. The van der Waals surface area contributed by atoms with E-state index >= 15 is 0 Å². The van der Waals surface area contributed by atoms with Gasteiger partial charge in [0.25, 0.3) is 0 Å². The van der Waals surface area contributed by atoms with Crippen molar-refractivity contribution in [1.82, 2.24) is 15.2 Å². The number of nitrogens with one attached hydrogen (secondary N) is 1. The lowest BCUT2D eigenvalue weighted by Gasteiger charge is -2.30. The highest BCUT2D eigenvalue weighted by Gasteiger charge is 2.44. The van der Waals surface area contributed by atoms with Crippen molar-refractivity contribution < 1.29 is 43.0 Å². The molecule has 224 valence electrons. The lowest BCUT2D eigenvalue weighted by atomic mass is 10.1. The van der Waals surface area contributed by atoms with Crippen molar-refractivity contribution in [2.75, 3.05) is 31.1 Å². The Morgan fingerprint density at radius 3 is 2.33 bits per heavy atom. The molecule has 2 amide bonds. The van der Waals surface area contributed by atoms with Gasteiger partial charge in [0.15, 0.2) is 0 Å². The van der Waals surface area contributed by atoms with Crippen LogP contribution < -0.4 is 10.2 Å². The molecule has 0 radical (unpaired) electrons. The number of carbonyl (C=O) groups is 2. The second kappa shape index (κ2) is 15.2. The molecule has 1 aromatic heterocycles. The highest BCUT2D eigenvalue weighted by Crippen LogP contribution is 2.58. The van der Waals surface area contributed by atoms with Gasteiger partial charge >= 0.3 is 21.3 Å². The fourth-order valence-electron chi connectivity index (χ4n) is 4.15. The summed E-state index contributed by atoms with van der Waals surface area (Å²) in [6, 6.07) is 6.60. The van der Waals surface area contributed by atoms with Gasteiger partial charge in [0, 0.05) is 29.1 Å². The lowest BCUT2D eigenvalue weighted by Crippen LogP contribution is -2.40. The van der Waals surface area contributed by atoms with Crippen molar-refractivity contribution in [3.8, 4) is 0 Å². The molecule has 0 aliphatic rings. The molecule has 0 aliphatic carbocycles. The Hall–Kier alpha value is -2.08. The van der Waals surface area contributed by atoms with Gasteiger partial charge in [-0.05, 0) is 70.1 Å². The van der Waals surface area contributed by atoms with E-state index in [1.54, 1.807) is 35.8 Å². The van der Waals surface area contributed by atoms with Gasteiger partial charge in [-0.1, -0.05) is 25.4 Å². The SMILES string of the molecule is CCN(CC)CCC[C@@H](C)N(C(=O)OCCCC(=O)NC(P(=O)(O)O)P(=O)(O)O)c1ccnc2cc(Cl)ccc12. The van der Waals surface area contributed by atoms with Gasteiger partial charge in [-0.15, -0.1) is 0 Å². The van der Waals surface area contributed by atoms with Crippen molar-refractivity contribution >= 4 is 55.4 Å². The van der Waals surface area contributed by atoms with Crippen molar-refractivity contribution in [2.24, 2.45) is 0 Å². The number of anilines is 1. The highest BCUT2D eigenvalue weighted by molar-refractivity contribution is 7.70. The van der Waals surface area contributed by atoms with Crippen LogP contribution in [0.2, 0.25) is 5.02 Å². The minimum Gasteiger partial charge on any atom is -0.449 e. The number of benzene rings is 1. The molecule has 0 saturated carbocycles. The van der Waals surface area contributed by atoms with Crippen LogP contribution in [0.1, 0.15) is 46.5 Å². The molecule has 2 aromatic rings. The minimum atomic E-state index is -5.31. The van der Waals surface area contributed by atoms with Crippen LogP contribution in [0.4, 0.5) is 10.5 Å². The molecule has 0 spiro atoms. The van der Waals surface area contributed by atoms with Crippen LogP contribution in [0.3, 0.4) is 0 Å². The van der Waals surface area contributed by atoms with Gasteiger partial charge in [0.1, 0.15) is 0 Å². The zero-order chi connectivity index (χ0) is 30.1. The average molecular weight is 623 g/mol. The number of aromatic nitrogens is 1. The van der Waals surface area contributed by atoms with E-state index in [9.17, 15) is 18.7 Å². The van der Waals surface area contributed by atoms with Gasteiger partial charge < -0.3 is 34.5 Å². The van der Waals surface area contributed by atoms with Crippen molar-refractivity contribution in [3.63, 3.8) is 0 Å². The molecule has 5 N–H and O–H groups in total. The summed E-state index contributed by atoms with van der Waals surface area (Å²) < 4.78 is 28.2. The van der Waals surface area contributed by atoms with Crippen LogP contribution in [0.25, 0.3) is 10.9 Å². The molecule has 0 aliphatic heterocycles. The Bertz CT molecular complexity index is 1230. The molecule has 1 aromatic carbocycles. The van der Waals surface area contributed by atoms with E-state index < -0.39 is 32.7 Å². The van der Waals surface area contributed by atoms with E-state index in [1.165, 1.54) is 4.90 Å². The Labute approximate surface area is 238 Å². The number of amides is 2. The third kappa shape index (κ3) is 10.1. The van der Waals surface area contributed by atoms with Crippen LogP contribution >= 0.6 is 26.8 Å². The van der Waals surface area contributed by atoms with Gasteiger partial charge in [-0.25, -0.2) is 4.79 Å². The molecule has 0 bridgehead atoms. The van der Waals surface area contributed by atoms with Gasteiger partial charge in [-0.3, -0.25) is 23.8 Å². The zero-order valence-corrected chi connectivity index (χ0v) is 25.2. The standard InChI is InChI=1S/C24H37ClN4O9P2/c1-4-28(5-2)14-6-8-17(3)29(21-12-13-26-20-16-18(25)10-11-19(20)21)24(31)38-15-7-9-22(30)27-23(39(32,33)34)40(35,36)37/h10-13,16-17,23H,4-9,14-15H2,1-3H3,(H,27,30)(H2,32,33,34)(H2,35,36,37)/t17-/m1/s1. The van der Waals surface area contributed by atoms with Crippen molar-refractivity contribution in [1.29, 1.82) is 0 Å². The first-order chi connectivity index (χ1) is 18.7. The third-order valence-electron chi connectivity index (χ3n) is 6.27. The first kappa shape index (κ1) is 34.1. The summed E-state index contributed by atoms with van der Waals surface area (Å²) in [7, 11) is -10.6. The minimum absolute atomic E-state index is 0.0521. The van der Waals surface area contributed by atoms with Crippen LogP contribution in [0.5, 0.6) is 0 Å². The molecule has 1 heterocycles. The average Bonchev–Trinajstić information content (AvgIpc) is 2.86. The van der Waals surface area contributed by atoms with Crippen LogP contribution in [-0.2, 0) is 18.7 Å². The number of rotatable bonds is 15. The molecular weight excluding hydrogens is 586 g/mol. The first-order valence-corrected chi connectivity index (χ1v) is 16.6. The van der Waals surface area contributed by atoms with Gasteiger partial charge in [-0.2, -0.15) is 0 Å². The third-order valence-corrected chi connectivity index (χ3v) is 9.84. The van der Waals surface area contributed by atoms with E-state index in [0.29, 0.717) is 28.0 Å². The molecular formula is C24H37ClN4O9P2. The Morgan fingerprint density at radius 2 is 1.73 bits per heavy atom. The lowest BCUT2D eigenvalue weighted by molar-refractivity contribution is -0.121. The summed E-state index contributed by atoms with van der Waals surface area (Å²) >= 11 is 6.12. The number of carbonyl (C=O) groups excluding carboxylic acids is 2. The van der Waals surface area contributed by atoms with Crippen LogP contribution in [-0.4, -0.2) is 79.3 Å². The molecule has 13 nitrogen and oxygen atoms in total. The predicted octanol–water partition coefficient (Wildman–Crippen LogP) is 3.88. The monoisotopic (exact) mass is 622 g/mol. The van der Waals surface area contributed by atoms with Crippen molar-refractivity contribution in [3.05, 3.63) is 35.5 Å². The van der Waals surface area contributed by atoms with Crippen molar-refractivity contribution in [2.45, 2.75) is 58.0 Å². The first-order valence-electron chi connectivity index (χ1n) is 12.8. The number of pyridine rings is 1. The summed E-state index contributed by atoms with van der Waals surface area (Å²) in [5.74, 6) is -1.01. The van der Waals surface area contributed by atoms with E-state index in [4.69, 9.17) is 35.9 Å². The zero-order valence-electron chi connectivity index (χ0n) is 22.6. The normalized spacial score (nSPS) is 13.1. The second-order valence-corrected chi connectivity index (χ2v) is 13.4. The number of halogens is 1. The summed E-state index contributed by atoms with van der Waals surface area (Å²) in [5, 5.41) is 2.87. The Balaban J connectivity index is 2.13. The number of hydrogen-bond acceptors (Lipinski definition) is 7. The van der Waals surface area contributed by atoms with Crippen LogP contribution in [0, 0.1) is 0 Å². The maximum absolute atomic E-state index is 13.3. The molecule has 16 heteroatoms. The number of hydrogen-bond donors (Lipinski definition) is 5. The molecule has 1 atom stereocenters. The summed E-state index contributed by atoms with van der Waals surface area (Å²) in [6.45, 7) is 8.56. The van der Waals surface area contributed by atoms with Gasteiger partial charge in [0.05, 0.1) is 17.8 Å². The largest absolute Gasteiger partial charge is 0.449 e. The molecule has 0 saturated heterocycles. The van der Waals surface area contributed by atoms with Gasteiger partial charge in [0.2, 0.25) is 11.4 Å². The van der Waals surface area contributed by atoms with E-state index in [0.717, 1.165) is 26.1 Å². The molecule has 0 fully saturated rings. The topological polar surface area (TPSA) is 190 Å². The van der Waals surface area contributed by atoms with E-state index in [1.807, 2.05) is 6.92 Å². The quantitative estimate of drug-likeness (QED) is 0.143. The summed E-state index contributed by atoms with van der Waals surface area (Å²) in [6.07, 6.45) is 1.98. The fraction of sp³-hybridized carbons (Fsp3) is 0.542. The van der Waals surface area contributed by atoms with E-state index in [-0.39, 0.29) is 25.5 Å². The number of fused-ring (bicyclic) bond motifs is 1. The Morgan fingerprint density at radius 1 is 1.07 bits per heavy atom. The molecule has 0 unspecified atom stereocenters. The molecule has 40 heavy (non-hydrogen) atoms. The maximum Gasteiger partial charge on any atom is 0.414 e. The van der Waals surface area contributed by atoms with E-state index in [2.05, 4.69) is 23.7 Å². The Kier molecular flexibility index (Phi) is 13.0. The molecule has 2 rings (SSSR count). The number of nitrogens with zero attached hydrogens (tertiary/aromatic N) is 3. The predicted molar refractivity (Wildman–Crippen MR) is 152 cm³/mol. The summed E-state index contributed by atoms with van der Waals surface area (Å²) in [5.41, 5.74) is -1.47. The second-order valence-electron chi connectivity index (χ2n) is 9.22. The van der Waals surface area contributed by atoms with Crippen LogP contribution in [0.15, 0.2) is 30.5 Å².